The fourth-order valence-electron chi connectivity index (χ4n) is 7.80. The first-order chi connectivity index (χ1) is 19.4. The molecule has 0 bridgehead atoms. The Morgan fingerprint density at radius 3 is 1.88 bits per heavy atom. The van der Waals surface area contributed by atoms with Crippen LogP contribution >= 0.6 is 0 Å². The molecule has 5 fully saturated rings. The number of ether oxygens (including phenoxy) is 4. The van der Waals surface area contributed by atoms with Gasteiger partial charge in [-0.3, -0.25) is 14.7 Å². The molecule has 0 atom stereocenters. The van der Waals surface area contributed by atoms with Crippen molar-refractivity contribution in [2.24, 2.45) is 0 Å². The van der Waals surface area contributed by atoms with Crippen LogP contribution < -0.4 is 0 Å². The van der Waals surface area contributed by atoms with Crippen molar-refractivity contribution < 1.29 is 18.9 Å². The first-order valence-corrected chi connectivity index (χ1v) is 17.3. The van der Waals surface area contributed by atoms with Crippen LogP contribution in [0, 0.1) is 0 Å². The quantitative estimate of drug-likeness (QED) is 0.314. The third-order valence-corrected chi connectivity index (χ3v) is 10.9. The van der Waals surface area contributed by atoms with Gasteiger partial charge in [-0.2, -0.15) is 0 Å². The molecule has 3 saturated heterocycles. The molecule has 0 aromatic rings. The minimum absolute atomic E-state index is 0.0517. The first-order valence-electron chi connectivity index (χ1n) is 17.3. The van der Waals surface area contributed by atoms with Gasteiger partial charge in [-0.1, -0.05) is 0 Å². The Hall–Kier alpha value is -0.280. The zero-order chi connectivity index (χ0) is 30.6. The second kappa shape index (κ2) is 12.1. The lowest BCUT2D eigenvalue weighted by Crippen LogP contribution is -2.74. The molecule has 5 rings (SSSR count). The van der Waals surface area contributed by atoms with Crippen LogP contribution in [0.3, 0.4) is 0 Å². The minimum atomic E-state index is -0.0857. The molecule has 7 heteroatoms. The number of hydrogen-bond acceptors (Lipinski definition) is 7. The molecule has 5 aliphatic rings. The highest BCUT2D eigenvalue weighted by Gasteiger charge is 2.52. The summed E-state index contributed by atoms with van der Waals surface area (Å²) in [5.74, 6) is 0. The number of likely N-dealkylation sites (tertiary alicyclic amines) is 2. The molecule has 0 amide bonds. The van der Waals surface area contributed by atoms with Crippen LogP contribution in [-0.4, -0.2) is 119 Å². The molecule has 2 saturated carbocycles. The monoisotopic (exact) mass is 591 g/mol. The van der Waals surface area contributed by atoms with Crippen LogP contribution in [0.25, 0.3) is 0 Å². The normalized spacial score (nSPS) is 32.4. The number of morpholine rings is 1. The van der Waals surface area contributed by atoms with E-state index in [1.165, 1.54) is 12.8 Å². The van der Waals surface area contributed by atoms with Gasteiger partial charge in [-0.05, 0) is 121 Å². The lowest BCUT2D eigenvalue weighted by molar-refractivity contribution is -0.218. The Kier molecular flexibility index (Phi) is 9.57. The van der Waals surface area contributed by atoms with Crippen LogP contribution in [0.5, 0.6) is 0 Å². The van der Waals surface area contributed by atoms with E-state index in [0.29, 0.717) is 30.5 Å². The third kappa shape index (κ3) is 8.30. The van der Waals surface area contributed by atoms with Crippen molar-refractivity contribution in [1.29, 1.82) is 0 Å². The van der Waals surface area contributed by atoms with Crippen LogP contribution in [0.1, 0.15) is 121 Å². The zero-order valence-electron chi connectivity index (χ0n) is 29.0. The molecule has 0 N–H and O–H groups in total. The molecule has 0 aromatic carbocycles. The van der Waals surface area contributed by atoms with Gasteiger partial charge in [-0.25, -0.2) is 0 Å². The summed E-state index contributed by atoms with van der Waals surface area (Å²) in [6.45, 7) is 30.3. The van der Waals surface area contributed by atoms with Crippen molar-refractivity contribution in [3.8, 4) is 0 Å². The van der Waals surface area contributed by atoms with Gasteiger partial charge in [-0.15, -0.1) is 0 Å². The molecule has 1 spiro atoms. The fraction of sp³-hybridized carbons (Fsp3) is 1.00. The van der Waals surface area contributed by atoms with E-state index < -0.39 is 0 Å². The summed E-state index contributed by atoms with van der Waals surface area (Å²) >= 11 is 0. The van der Waals surface area contributed by atoms with Gasteiger partial charge >= 0.3 is 0 Å². The topological polar surface area (TPSA) is 46.6 Å². The lowest BCUT2D eigenvalue weighted by atomic mass is 9.82. The van der Waals surface area contributed by atoms with Crippen molar-refractivity contribution in [2.75, 3.05) is 45.9 Å². The number of piperidine rings is 1. The number of nitrogens with zero attached hydrogens (tertiary/aromatic N) is 3. The molecule has 2 aliphatic carbocycles. The van der Waals surface area contributed by atoms with Crippen molar-refractivity contribution in [3.63, 3.8) is 0 Å². The maximum absolute atomic E-state index is 6.74. The van der Waals surface area contributed by atoms with Gasteiger partial charge in [0.05, 0.1) is 42.2 Å². The molecule has 0 aromatic heterocycles. The highest BCUT2D eigenvalue weighted by molar-refractivity contribution is 5.06. The van der Waals surface area contributed by atoms with E-state index in [9.17, 15) is 0 Å². The summed E-state index contributed by atoms with van der Waals surface area (Å²) in [6, 6.07) is 0.659. The molecule has 0 unspecified atom stereocenters. The predicted molar refractivity (Wildman–Crippen MR) is 170 cm³/mol. The average molecular weight is 592 g/mol. The smallest absolute Gasteiger partial charge is 0.106 e. The molecule has 7 nitrogen and oxygen atoms in total. The van der Waals surface area contributed by atoms with Gasteiger partial charge < -0.3 is 18.9 Å². The maximum atomic E-state index is 6.74. The highest BCUT2D eigenvalue weighted by Crippen LogP contribution is 2.40. The second-order valence-corrected chi connectivity index (χ2v) is 17.7. The van der Waals surface area contributed by atoms with Gasteiger partial charge in [0.15, 0.2) is 0 Å². The van der Waals surface area contributed by atoms with E-state index in [1.807, 2.05) is 0 Å². The summed E-state index contributed by atoms with van der Waals surface area (Å²) in [5.41, 5.74) is 0.340. The Labute approximate surface area is 258 Å². The van der Waals surface area contributed by atoms with Crippen LogP contribution in [0.2, 0.25) is 0 Å². The molecular weight excluding hydrogens is 526 g/mol. The maximum Gasteiger partial charge on any atom is 0.106 e. The van der Waals surface area contributed by atoms with Gasteiger partial charge in [0.25, 0.3) is 0 Å². The minimum Gasteiger partial charge on any atom is -0.375 e. The standard InChI is InChI=1S/C35H65N3O4/c1-31(2,3)38-24-35(25-38)23-36(17-18-39-35)26-19-29(20-26)42-34(9,10)14-13-33(7,8)37-15-11-27(12-16-37)40-28-21-30(22-28)41-32(4,5)6/h26-30H,11-25H2,1-10H3/t26-,28-,29-,30-. The van der Waals surface area contributed by atoms with E-state index in [4.69, 9.17) is 18.9 Å². The van der Waals surface area contributed by atoms with E-state index in [2.05, 4.69) is 83.9 Å². The van der Waals surface area contributed by atoms with E-state index in [0.717, 1.165) is 84.4 Å². The summed E-state index contributed by atoms with van der Waals surface area (Å²) in [5, 5.41) is 0. The largest absolute Gasteiger partial charge is 0.375 e. The number of rotatable bonds is 10. The Bertz CT molecular complexity index is 883. The lowest BCUT2D eigenvalue weighted by Gasteiger charge is -2.59. The van der Waals surface area contributed by atoms with E-state index >= 15 is 0 Å². The average Bonchev–Trinajstić information content (AvgIpc) is 2.81. The molecule has 0 radical (unpaired) electrons. The van der Waals surface area contributed by atoms with E-state index in [1.54, 1.807) is 0 Å². The summed E-state index contributed by atoms with van der Waals surface area (Å²) in [7, 11) is 0. The summed E-state index contributed by atoms with van der Waals surface area (Å²) in [6.07, 6.45) is 10.6. The summed E-state index contributed by atoms with van der Waals surface area (Å²) < 4.78 is 25.6. The third-order valence-electron chi connectivity index (χ3n) is 10.9. The molecule has 3 aliphatic heterocycles. The summed E-state index contributed by atoms with van der Waals surface area (Å²) in [4.78, 5) is 7.96. The molecular formula is C35H65N3O4. The second-order valence-electron chi connectivity index (χ2n) is 17.7. The van der Waals surface area contributed by atoms with Crippen molar-refractivity contribution in [1.82, 2.24) is 14.7 Å². The van der Waals surface area contributed by atoms with Crippen LogP contribution in [-0.2, 0) is 18.9 Å². The van der Waals surface area contributed by atoms with Crippen molar-refractivity contribution >= 4 is 0 Å². The fourth-order valence-corrected chi connectivity index (χ4v) is 7.80. The Balaban J connectivity index is 0.973. The first kappa shape index (κ1) is 33.1. The molecule has 3 heterocycles. The zero-order valence-corrected chi connectivity index (χ0v) is 29.0. The van der Waals surface area contributed by atoms with Crippen LogP contribution in [0.15, 0.2) is 0 Å². The number of hydrogen-bond donors (Lipinski definition) is 0. The predicted octanol–water partition coefficient (Wildman–Crippen LogP) is 5.88. The Morgan fingerprint density at radius 2 is 1.29 bits per heavy atom. The van der Waals surface area contributed by atoms with Crippen LogP contribution in [0.4, 0.5) is 0 Å². The molecule has 42 heavy (non-hydrogen) atoms. The SMILES string of the molecule is CC(C)(C)O[C@H]1C[C@H](OC2CCN(C(C)(C)CCC(C)(C)O[C@H]3C[C@H](N4CCOC5(CN(C(C)(C)C)C5)C4)C3)CC2)C1. The van der Waals surface area contributed by atoms with Gasteiger partial charge in [0, 0.05) is 56.4 Å². The Morgan fingerprint density at radius 1 is 0.667 bits per heavy atom. The van der Waals surface area contributed by atoms with Gasteiger partial charge in [0.1, 0.15) is 5.60 Å². The van der Waals surface area contributed by atoms with E-state index in [-0.39, 0.29) is 27.9 Å². The van der Waals surface area contributed by atoms with Crippen molar-refractivity contribution in [2.45, 2.75) is 179 Å². The van der Waals surface area contributed by atoms with Crippen molar-refractivity contribution in [3.05, 3.63) is 0 Å². The van der Waals surface area contributed by atoms with Gasteiger partial charge in [0.2, 0.25) is 0 Å². The highest BCUT2D eigenvalue weighted by atomic mass is 16.5. The molecule has 244 valence electrons.